The number of hydrogen-bond acceptors (Lipinski definition) is 5. The fourth-order valence-corrected chi connectivity index (χ4v) is 4.28. The van der Waals surface area contributed by atoms with Crippen LogP contribution in [-0.2, 0) is 17.8 Å². The maximum absolute atomic E-state index is 12.6. The van der Waals surface area contributed by atoms with Gasteiger partial charge in [-0.15, -0.1) is 0 Å². The van der Waals surface area contributed by atoms with Crippen LogP contribution in [0.1, 0.15) is 24.0 Å². The number of para-hydroxylation sites is 1. The van der Waals surface area contributed by atoms with Crippen LogP contribution in [0, 0.1) is 0 Å². The van der Waals surface area contributed by atoms with E-state index in [1.54, 1.807) is 14.2 Å². The molecule has 0 saturated carbocycles. The molecule has 6 nitrogen and oxygen atoms in total. The lowest BCUT2D eigenvalue weighted by Crippen LogP contribution is -2.44. The van der Waals surface area contributed by atoms with Crippen LogP contribution in [0.25, 0.3) is 0 Å². The number of ether oxygens (including phenoxy) is 3. The SMILES string of the molecule is COc1ccc(CC(=O)NC2CCN(Cc3cccc(Oc4ccccc4)c3)CC2)cc1OC. The first-order valence-corrected chi connectivity index (χ1v) is 11.7. The van der Waals surface area contributed by atoms with Crippen molar-refractivity contribution in [2.75, 3.05) is 27.3 Å². The molecule has 0 unspecified atom stereocenters. The lowest BCUT2D eigenvalue weighted by Gasteiger charge is -2.32. The van der Waals surface area contributed by atoms with Crippen LogP contribution in [0.2, 0.25) is 0 Å². The number of hydrogen-bond donors (Lipinski definition) is 1. The molecule has 34 heavy (non-hydrogen) atoms. The summed E-state index contributed by atoms with van der Waals surface area (Å²) in [7, 11) is 3.20. The Bertz CT molecular complexity index is 1080. The third-order valence-electron chi connectivity index (χ3n) is 6.05. The van der Waals surface area contributed by atoms with Crippen LogP contribution in [0.4, 0.5) is 0 Å². The quantitative estimate of drug-likeness (QED) is 0.496. The molecule has 1 aliphatic rings. The van der Waals surface area contributed by atoms with E-state index in [4.69, 9.17) is 14.2 Å². The molecule has 3 aromatic carbocycles. The number of rotatable bonds is 9. The first-order valence-electron chi connectivity index (χ1n) is 11.7. The van der Waals surface area contributed by atoms with Crippen LogP contribution < -0.4 is 19.5 Å². The zero-order valence-corrected chi connectivity index (χ0v) is 19.8. The molecule has 178 valence electrons. The predicted octanol–water partition coefficient (Wildman–Crippen LogP) is 4.82. The van der Waals surface area contributed by atoms with Crippen molar-refractivity contribution in [3.05, 3.63) is 83.9 Å². The minimum absolute atomic E-state index is 0.0384. The highest BCUT2D eigenvalue weighted by Crippen LogP contribution is 2.28. The van der Waals surface area contributed by atoms with E-state index in [0.29, 0.717) is 17.9 Å². The number of nitrogens with one attached hydrogen (secondary N) is 1. The highest BCUT2D eigenvalue weighted by atomic mass is 16.5. The molecule has 1 saturated heterocycles. The number of likely N-dealkylation sites (tertiary alicyclic amines) is 1. The van der Waals surface area contributed by atoms with Crippen molar-refractivity contribution >= 4 is 5.91 Å². The molecular formula is C28H32N2O4. The van der Waals surface area contributed by atoms with Crippen molar-refractivity contribution in [1.82, 2.24) is 10.2 Å². The Morgan fingerprint density at radius 2 is 1.59 bits per heavy atom. The van der Waals surface area contributed by atoms with Crippen LogP contribution in [-0.4, -0.2) is 44.2 Å². The summed E-state index contributed by atoms with van der Waals surface area (Å²) >= 11 is 0. The van der Waals surface area contributed by atoms with Gasteiger partial charge in [0.2, 0.25) is 5.91 Å². The zero-order valence-electron chi connectivity index (χ0n) is 19.8. The third-order valence-corrected chi connectivity index (χ3v) is 6.05. The normalized spacial score (nSPS) is 14.4. The Balaban J connectivity index is 1.24. The van der Waals surface area contributed by atoms with Gasteiger partial charge in [-0.1, -0.05) is 36.4 Å². The van der Waals surface area contributed by atoms with Gasteiger partial charge in [0, 0.05) is 25.7 Å². The molecule has 1 amide bonds. The number of carbonyl (C=O) groups is 1. The average molecular weight is 461 g/mol. The highest BCUT2D eigenvalue weighted by molar-refractivity contribution is 5.79. The van der Waals surface area contributed by atoms with Gasteiger partial charge in [0.25, 0.3) is 0 Å². The highest BCUT2D eigenvalue weighted by Gasteiger charge is 2.21. The van der Waals surface area contributed by atoms with E-state index >= 15 is 0 Å². The maximum Gasteiger partial charge on any atom is 0.224 e. The molecule has 3 aromatic rings. The fraction of sp³-hybridized carbons (Fsp3) is 0.321. The van der Waals surface area contributed by atoms with Crippen molar-refractivity contribution in [3.63, 3.8) is 0 Å². The molecule has 0 aliphatic carbocycles. The van der Waals surface area contributed by atoms with Crippen LogP contribution >= 0.6 is 0 Å². The fourth-order valence-electron chi connectivity index (χ4n) is 4.28. The summed E-state index contributed by atoms with van der Waals surface area (Å²) in [5, 5.41) is 3.20. The van der Waals surface area contributed by atoms with Gasteiger partial charge >= 0.3 is 0 Å². The molecule has 1 aliphatic heterocycles. The molecule has 0 spiro atoms. The zero-order chi connectivity index (χ0) is 23.8. The van der Waals surface area contributed by atoms with Gasteiger partial charge in [0.1, 0.15) is 11.5 Å². The summed E-state index contributed by atoms with van der Waals surface area (Å²) in [6.07, 6.45) is 2.21. The van der Waals surface area contributed by atoms with Gasteiger partial charge in [0.15, 0.2) is 11.5 Å². The van der Waals surface area contributed by atoms with E-state index < -0.39 is 0 Å². The summed E-state index contributed by atoms with van der Waals surface area (Å²) in [6, 6.07) is 23.9. The minimum atomic E-state index is 0.0384. The first kappa shape index (κ1) is 23.6. The molecule has 1 heterocycles. The molecule has 0 aromatic heterocycles. The monoisotopic (exact) mass is 460 g/mol. The summed E-state index contributed by atoms with van der Waals surface area (Å²) in [5.41, 5.74) is 2.13. The number of carbonyl (C=O) groups excluding carboxylic acids is 1. The summed E-state index contributed by atoms with van der Waals surface area (Å²) in [6.45, 7) is 2.77. The molecule has 1 N–H and O–H groups in total. The van der Waals surface area contributed by atoms with Gasteiger partial charge < -0.3 is 19.5 Å². The van der Waals surface area contributed by atoms with Crippen molar-refractivity contribution in [2.45, 2.75) is 31.8 Å². The average Bonchev–Trinajstić information content (AvgIpc) is 2.86. The van der Waals surface area contributed by atoms with Crippen molar-refractivity contribution < 1.29 is 19.0 Å². The number of methoxy groups -OCH3 is 2. The van der Waals surface area contributed by atoms with Crippen molar-refractivity contribution in [3.8, 4) is 23.0 Å². The Morgan fingerprint density at radius 1 is 0.853 bits per heavy atom. The minimum Gasteiger partial charge on any atom is -0.493 e. The molecular weight excluding hydrogens is 428 g/mol. The van der Waals surface area contributed by atoms with Crippen LogP contribution in [0.15, 0.2) is 72.8 Å². The first-order chi connectivity index (χ1) is 16.6. The smallest absolute Gasteiger partial charge is 0.224 e. The Kier molecular flexibility index (Phi) is 8.04. The molecule has 1 fully saturated rings. The van der Waals surface area contributed by atoms with Gasteiger partial charge in [-0.2, -0.15) is 0 Å². The second-order valence-corrected chi connectivity index (χ2v) is 8.55. The Labute approximate surface area is 201 Å². The predicted molar refractivity (Wildman–Crippen MR) is 133 cm³/mol. The molecule has 6 heteroatoms. The number of amides is 1. The summed E-state index contributed by atoms with van der Waals surface area (Å²) in [4.78, 5) is 15.0. The van der Waals surface area contributed by atoms with Crippen molar-refractivity contribution in [1.29, 1.82) is 0 Å². The molecule has 4 rings (SSSR count). The summed E-state index contributed by atoms with van der Waals surface area (Å²) in [5.74, 6) is 3.03. The lowest BCUT2D eigenvalue weighted by atomic mass is 10.0. The van der Waals surface area contributed by atoms with E-state index in [-0.39, 0.29) is 11.9 Å². The van der Waals surface area contributed by atoms with E-state index in [9.17, 15) is 4.79 Å². The van der Waals surface area contributed by atoms with E-state index in [2.05, 4.69) is 22.3 Å². The van der Waals surface area contributed by atoms with Gasteiger partial charge in [-0.05, 0) is 60.4 Å². The van der Waals surface area contributed by atoms with E-state index in [1.165, 1.54) is 5.56 Å². The number of nitrogens with zero attached hydrogens (tertiary/aromatic N) is 1. The van der Waals surface area contributed by atoms with Crippen LogP contribution in [0.3, 0.4) is 0 Å². The topological polar surface area (TPSA) is 60.0 Å². The molecule has 0 atom stereocenters. The molecule has 0 radical (unpaired) electrons. The largest absolute Gasteiger partial charge is 0.493 e. The van der Waals surface area contributed by atoms with Gasteiger partial charge in [-0.25, -0.2) is 0 Å². The second kappa shape index (κ2) is 11.6. The van der Waals surface area contributed by atoms with Gasteiger partial charge in [-0.3, -0.25) is 9.69 Å². The molecule has 0 bridgehead atoms. The van der Waals surface area contributed by atoms with Crippen LogP contribution in [0.5, 0.6) is 23.0 Å². The standard InChI is InChI=1S/C28H32N2O4/c1-32-26-12-11-21(18-27(26)33-2)19-28(31)29-23-13-15-30(16-14-23)20-22-7-6-10-25(17-22)34-24-8-4-3-5-9-24/h3-12,17-18,23H,13-16,19-20H2,1-2H3,(H,29,31). The Morgan fingerprint density at radius 3 is 2.32 bits per heavy atom. The number of piperidine rings is 1. The maximum atomic E-state index is 12.6. The third kappa shape index (κ3) is 6.51. The van der Waals surface area contributed by atoms with Crippen molar-refractivity contribution in [2.24, 2.45) is 0 Å². The lowest BCUT2D eigenvalue weighted by molar-refractivity contribution is -0.121. The summed E-state index contributed by atoms with van der Waals surface area (Å²) < 4.78 is 16.6. The van der Waals surface area contributed by atoms with E-state index in [1.807, 2.05) is 60.7 Å². The Hall–Kier alpha value is -3.51. The van der Waals surface area contributed by atoms with Gasteiger partial charge in [0.05, 0.1) is 20.6 Å². The number of benzene rings is 3. The van der Waals surface area contributed by atoms with E-state index in [0.717, 1.165) is 49.5 Å². The second-order valence-electron chi connectivity index (χ2n) is 8.55.